The van der Waals surface area contributed by atoms with E-state index in [1.165, 1.54) is 186 Å². The Morgan fingerprint density at radius 3 is 1.06 bits per heavy atom. The molecule has 2 atom stereocenters. The highest BCUT2D eigenvalue weighted by Gasteiger charge is 2.27. The standard InChI is InChI=1S/C70H128NO8P/c1-6-8-10-12-14-16-18-20-22-24-26-27-28-29-30-31-32-33-34-35-36-37-38-39-40-41-42-43-45-46-48-50-52-54-56-58-60-62-69(72)76-66-68(67-78-80(74,75)77-65-64-71(3,4)5)79-70(73)63-61-59-57-55-53-51-49-47-44-25-23-21-19-17-15-13-11-9-7-2/h9,11,15,17-18,20-21,23-24,26,44,47,68H,6-8,10,12-14,16,19,22,25,27-43,45-46,48-67H2,1-5H3/p+1/b11-9-,17-15-,20-18-,23-21-,26-24-,47-44-. The van der Waals surface area contributed by atoms with Gasteiger partial charge in [0, 0.05) is 12.8 Å². The van der Waals surface area contributed by atoms with Crippen LogP contribution in [-0.4, -0.2) is 74.9 Å². The number of carbonyl (C=O) groups is 2. The van der Waals surface area contributed by atoms with Gasteiger partial charge in [0.25, 0.3) is 0 Å². The number of phosphoric acid groups is 1. The quantitative estimate of drug-likeness (QED) is 0.0211. The molecule has 0 rings (SSSR count). The van der Waals surface area contributed by atoms with Crippen molar-refractivity contribution in [3.8, 4) is 0 Å². The first-order chi connectivity index (χ1) is 39.0. The number of ether oxygens (including phenoxy) is 2. The lowest BCUT2D eigenvalue weighted by molar-refractivity contribution is -0.870. The molecule has 0 aliphatic carbocycles. The molecule has 1 N–H and O–H groups in total. The third-order valence-corrected chi connectivity index (χ3v) is 15.7. The predicted octanol–water partition coefficient (Wildman–Crippen LogP) is 21.6. The Bertz CT molecular complexity index is 1580. The molecule has 0 aromatic heterocycles. The first-order valence-corrected chi connectivity index (χ1v) is 35.2. The number of phosphoric ester groups is 1. The van der Waals surface area contributed by atoms with Gasteiger partial charge in [-0.15, -0.1) is 0 Å². The van der Waals surface area contributed by atoms with Gasteiger partial charge in [-0.2, -0.15) is 0 Å². The summed E-state index contributed by atoms with van der Waals surface area (Å²) < 4.78 is 34.6. The summed E-state index contributed by atoms with van der Waals surface area (Å²) in [7, 11) is 1.47. The Kier molecular flexibility index (Phi) is 59.1. The summed E-state index contributed by atoms with van der Waals surface area (Å²) in [6.07, 6.45) is 81.6. The van der Waals surface area contributed by atoms with E-state index in [0.717, 1.165) is 89.9 Å². The van der Waals surface area contributed by atoms with Crippen molar-refractivity contribution in [2.45, 2.75) is 315 Å². The maximum absolute atomic E-state index is 12.8. The second kappa shape index (κ2) is 61.0. The van der Waals surface area contributed by atoms with Gasteiger partial charge >= 0.3 is 19.8 Å². The van der Waals surface area contributed by atoms with Gasteiger partial charge in [0.05, 0.1) is 27.7 Å². The zero-order valence-corrected chi connectivity index (χ0v) is 54.0. The molecule has 80 heavy (non-hydrogen) atoms. The minimum atomic E-state index is -4.39. The SMILES string of the molecule is CC/C=C\C/C=C\C/C=C\C/C=C\CCCCCCCCC(=O)OC(COC(=O)CCCCCCCCCCCCCCCCCCCCCCCCCCC/C=C\C/C=C\CCCCCCC)COP(=O)(O)OCC[N+](C)(C)C. The van der Waals surface area contributed by atoms with Gasteiger partial charge in [-0.25, -0.2) is 4.57 Å². The van der Waals surface area contributed by atoms with Crippen molar-refractivity contribution < 1.29 is 42.1 Å². The molecule has 0 aromatic carbocycles. The van der Waals surface area contributed by atoms with Crippen LogP contribution in [0, 0.1) is 0 Å². The zero-order valence-electron chi connectivity index (χ0n) is 53.1. The largest absolute Gasteiger partial charge is 0.472 e. The smallest absolute Gasteiger partial charge is 0.462 e. The number of unbranched alkanes of at least 4 members (excludes halogenated alkanes) is 36. The molecule has 0 heterocycles. The summed E-state index contributed by atoms with van der Waals surface area (Å²) >= 11 is 0. The van der Waals surface area contributed by atoms with E-state index in [9.17, 15) is 19.0 Å². The predicted molar refractivity (Wildman–Crippen MR) is 344 cm³/mol. The second-order valence-electron chi connectivity index (χ2n) is 23.8. The van der Waals surface area contributed by atoms with E-state index in [1.807, 2.05) is 21.1 Å². The lowest BCUT2D eigenvalue weighted by atomic mass is 10.0. The van der Waals surface area contributed by atoms with Crippen molar-refractivity contribution in [2.24, 2.45) is 0 Å². The number of hydrogen-bond donors (Lipinski definition) is 1. The summed E-state index contributed by atoms with van der Waals surface area (Å²) in [5.41, 5.74) is 0. The molecular weight excluding hydrogens is 1010 g/mol. The Labute approximate surface area is 495 Å². The number of allylic oxidation sites excluding steroid dienone is 12. The molecule has 466 valence electrons. The van der Waals surface area contributed by atoms with E-state index in [4.69, 9.17) is 18.5 Å². The monoisotopic (exact) mass is 1140 g/mol. The van der Waals surface area contributed by atoms with E-state index >= 15 is 0 Å². The molecule has 0 aliphatic heterocycles. The fourth-order valence-corrected chi connectivity index (χ4v) is 10.3. The minimum Gasteiger partial charge on any atom is -0.462 e. The van der Waals surface area contributed by atoms with Gasteiger partial charge in [-0.1, -0.05) is 286 Å². The maximum atomic E-state index is 12.8. The van der Waals surface area contributed by atoms with Crippen molar-refractivity contribution in [3.63, 3.8) is 0 Å². The molecule has 9 nitrogen and oxygen atoms in total. The molecule has 0 saturated heterocycles. The first-order valence-electron chi connectivity index (χ1n) is 33.7. The van der Waals surface area contributed by atoms with Crippen LogP contribution in [0.5, 0.6) is 0 Å². The molecule has 0 aromatic rings. The summed E-state index contributed by atoms with van der Waals surface area (Å²) in [4.78, 5) is 35.8. The van der Waals surface area contributed by atoms with Crippen LogP contribution in [0.15, 0.2) is 72.9 Å². The topological polar surface area (TPSA) is 108 Å². The van der Waals surface area contributed by atoms with Gasteiger partial charge < -0.3 is 18.9 Å². The Morgan fingerprint density at radius 2 is 0.713 bits per heavy atom. The third-order valence-electron chi connectivity index (χ3n) is 14.7. The molecule has 0 radical (unpaired) electrons. The number of carbonyl (C=O) groups excluding carboxylic acids is 2. The third kappa shape index (κ3) is 64.6. The van der Waals surface area contributed by atoms with Gasteiger partial charge in [0.2, 0.25) is 0 Å². The number of likely N-dealkylation sites (N-methyl/N-ethyl adjacent to an activating group) is 1. The number of hydrogen-bond acceptors (Lipinski definition) is 7. The molecule has 2 unspecified atom stereocenters. The van der Waals surface area contributed by atoms with Crippen molar-refractivity contribution in [3.05, 3.63) is 72.9 Å². The van der Waals surface area contributed by atoms with Crippen molar-refractivity contribution in [2.75, 3.05) is 47.5 Å². The average molecular weight is 1140 g/mol. The molecule has 0 saturated carbocycles. The van der Waals surface area contributed by atoms with Crippen LogP contribution in [0.25, 0.3) is 0 Å². The molecule has 0 bridgehead atoms. The fourth-order valence-electron chi connectivity index (χ4n) is 9.57. The van der Waals surface area contributed by atoms with E-state index in [-0.39, 0.29) is 32.0 Å². The van der Waals surface area contributed by atoms with Gasteiger partial charge in [-0.05, 0) is 83.5 Å². The van der Waals surface area contributed by atoms with E-state index in [0.29, 0.717) is 17.4 Å². The number of quaternary nitrogens is 1. The minimum absolute atomic E-state index is 0.0274. The number of esters is 2. The summed E-state index contributed by atoms with van der Waals surface area (Å²) in [6.45, 7) is 4.32. The Balaban J connectivity index is 3.95. The molecule has 0 spiro atoms. The summed E-state index contributed by atoms with van der Waals surface area (Å²) in [5.74, 6) is -0.804. The van der Waals surface area contributed by atoms with Gasteiger partial charge in [-0.3, -0.25) is 18.6 Å². The van der Waals surface area contributed by atoms with Crippen molar-refractivity contribution >= 4 is 19.8 Å². The molecule has 0 fully saturated rings. The first kappa shape index (κ1) is 77.5. The van der Waals surface area contributed by atoms with E-state index in [1.54, 1.807) is 0 Å². The van der Waals surface area contributed by atoms with Crippen LogP contribution < -0.4 is 0 Å². The number of nitrogens with zero attached hydrogens (tertiary/aromatic N) is 1. The second-order valence-corrected chi connectivity index (χ2v) is 25.3. The van der Waals surface area contributed by atoms with Crippen LogP contribution in [-0.2, 0) is 32.7 Å². The summed E-state index contributed by atoms with van der Waals surface area (Å²) in [5, 5.41) is 0. The average Bonchev–Trinajstić information content (AvgIpc) is 3.42. The van der Waals surface area contributed by atoms with Gasteiger partial charge in [0.1, 0.15) is 19.8 Å². The van der Waals surface area contributed by atoms with Crippen molar-refractivity contribution in [1.29, 1.82) is 0 Å². The molecule has 10 heteroatoms. The lowest BCUT2D eigenvalue weighted by Crippen LogP contribution is -2.37. The van der Waals surface area contributed by atoms with Crippen LogP contribution >= 0.6 is 7.82 Å². The van der Waals surface area contributed by atoms with E-state index < -0.39 is 26.5 Å². The maximum Gasteiger partial charge on any atom is 0.472 e. The van der Waals surface area contributed by atoms with Crippen molar-refractivity contribution in [1.82, 2.24) is 0 Å². The molecule has 0 amide bonds. The summed E-state index contributed by atoms with van der Waals surface area (Å²) in [6, 6.07) is 0. The lowest BCUT2D eigenvalue weighted by Gasteiger charge is -2.24. The van der Waals surface area contributed by atoms with Gasteiger partial charge in [0.15, 0.2) is 6.10 Å². The number of rotatable bonds is 62. The zero-order chi connectivity index (χ0) is 58.4. The van der Waals surface area contributed by atoms with E-state index in [2.05, 4.69) is 86.8 Å². The van der Waals surface area contributed by atoms with Crippen LogP contribution in [0.2, 0.25) is 0 Å². The highest BCUT2D eigenvalue weighted by molar-refractivity contribution is 7.47. The highest BCUT2D eigenvalue weighted by Crippen LogP contribution is 2.43. The normalized spacial score (nSPS) is 13.6. The molecule has 0 aliphatic rings. The molecular formula is C70H129NO8P+. The highest BCUT2D eigenvalue weighted by atomic mass is 31.2. The van der Waals surface area contributed by atoms with Crippen LogP contribution in [0.4, 0.5) is 0 Å². The van der Waals surface area contributed by atoms with Crippen LogP contribution in [0.1, 0.15) is 309 Å². The Hall–Kier alpha value is -2.55. The fraction of sp³-hybridized carbons (Fsp3) is 0.800. The Morgan fingerprint density at radius 1 is 0.400 bits per heavy atom. The van der Waals surface area contributed by atoms with Crippen LogP contribution in [0.3, 0.4) is 0 Å².